The van der Waals surface area contributed by atoms with Gasteiger partial charge in [-0.1, -0.05) is 17.7 Å². The van der Waals surface area contributed by atoms with E-state index in [2.05, 4.69) is 9.97 Å². The van der Waals surface area contributed by atoms with E-state index in [0.717, 1.165) is 5.39 Å². The summed E-state index contributed by atoms with van der Waals surface area (Å²) < 4.78 is 5.14. The van der Waals surface area contributed by atoms with Crippen LogP contribution in [0.3, 0.4) is 0 Å². The number of halogens is 1. The average Bonchev–Trinajstić information content (AvgIpc) is 2.55. The molecule has 2 heterocycles. The van der Waals surface area contributed by atoms with E-state index in [9.17, 15) is 5.11 Å². The van der Waals surface area contributed by atoms with Crippen molar-refractivity contribution < 1.29 is 9.84 Å². The molecule has 0 spiro atoms. The molecule has 0 saturated carbocycles. The lowest BCUT2D eigenvalue weighted by atomic mass is 10.00. The van der Waals surface area contributed by atoms with Gasteiger partial charge < -0.3 is 9.84 Å². The highest BCUT2D eigenvalue weighted by atomic mass is 35.5. The molecular formula is C16H13ClN2O2. The number of aromatic nitrogens is 2. The van der Waals surface area contributed by atoms with Crippen LogP contribution < -0.4 is 4.74 Å². The van der Waals surface area contributed by atoms with Crippen molar-refractivity contribution >= 4 is 22.5 Å². The number of rotatable bonds is 3. The number of hydrogen-bond acceptors (Lipinski definition) is 4. The van der Waals surface area contributed by atoms with E-state index in [1.165, 1.54) is 0 Å². The van der Waals surface area contributed by atoms with E-state index in [1.54, 1.807) is 43.9 Å². The van der Waals surface area contributed by atoms with Crippen molar-refractivity contribution in [3.8, 4) is 5.75 Å². The van der Waals surface area contributed by atoms with Crippen LogP contribution in [0.5, 0.6) is 5.75 Å². The van der Waals surface area contributed by atoms with Gasteiger partial charge in [-0.2, -0.15) is 0 Å². The summed E-state index contributed by atoms with van der Waals surface area (Å²) in [4.78, 5) is 8.40. The highest BCUT2D eigenvalue weighted by Crippen LogP contribution is 2.32. The molecule has 0 saturated heterocycles. The number of pyridine rings is 2. The third-order valence-corrected chi connectivity index (χ3v) is 3.66. The minimum absolute atomic E-state index is 0.595. The molecule has 0 radical (unpaired) electrons. The molecule has 1 unspecified atom stereocenters. The van der Waals surface area contributed by atoms with Crippen LogP contribution in [0, 0.1) is 0 Å². The number of methoxy groups -OCH3 is 1. The van der Waals surface area contributed by atoms with Crippen molar-refractivity contribution in [3.05, 3.63) is 65.1 Å². The minimum atomic E-state index is -0.845. The van der Waals surface area contributed by atoms with E-state index in [0.29, 0.717) is 27.4 Å². The fourth-order valence-corrected chi connectivity index (χ4v) is 2.47. The molecule has 3 rings (SSSR count). The lowest BCUT2D eigenvalue weighted by Gasteiger charge is -2.14. The molecule has 0 amide bonds. The first-order valence-corrected chi connectivity index (χ1v) is 6.78. The predicted octanol–water partition coefficient (Wildman–Crippen LogP) is 3.37. The Morgan fingerprint density at radius 1 is 1.24 bits per heavy atom. The van der Waals surface area contributed by atoms with Crippen molar-refractivity contribution in [1.82, 2.24) is 9.97 Å². The zero-order chi connectivity index (χ0) is 14.8. The molecule has 1 atom stereocenters. The molecule has 0 bridgehead atoms. The summed E-state index contributed by atoms with van der Waals surface area (Å²) in [7, 11) is 1.56. The van der Waals surface area contributed by atoms with E-state index in [1.807, 2.05) is 12.1 Å². The van der Waals surface area contributed by atoms with Crippen molar-refractivity contribution in [1.29, 1.82) is 0 Å². The lowest BCUT2D eigenvalue weighted by molar-refractivity contribution is 0.220. The fraction of sp³-hybridized carbons (Fsp3) is 0.125. The largest absolute Gasteiger partial charge is 0.495 e. The summed E-state index contributed by atoms with van der Waals surface area (Å²) >= 11 is 6.17. The highest BCUT2D eigenvalue weighted by Gasteiger charge is 2.16. The van der Waals surface area contributed by atoms with Crippen molar-refractivity contribution in [2.24, 2.45) is 0 Å². The second-order valence-corrected chi connectivity index (χ2v) is 5.00. The zero-order valence-corrected chi connectivity index (χ0v) is 12.1. The first-order valence-electron chi connectivity index (χ1n) is 6.41. The summed E-state index contributed by atoms with van der Waals surface area (Å²) in [6.07, 6.45) is 4.03. The Bertz CT molecular complexity index is 792. The second kappa shape index (κ2) is 5.68. The normalized spacial score (nSPS) is 12.3. The predicted molar refractivity (Wildman–Crippen MR) is 81.6 cm³/mol. The first-order chi connectivity index (χ1) is 10.2. The van der Waals surface area contributed by atoms with Gasteiger partial charge in [-0.3, -0.25) is 9.97 Å². The maximum atomic E-state index is 10.6. The molecule has 4 nitrogen and oxygen atoms in total. The van der Waals surface area contributed by atoms with Crippen LogP contribution in [0.15, 0.2) is 48.9 Å². The second-order valence-electron chi connectivity index (χ2n) is 4.60. The molecule has 2 aromatic heterocycles. The number of hydrogen-bond donors (Lipinski definition) is 1. The molecule has 0 fully saturated rings. The fourth-order valence-electron chi connectivity index (χ4n) is 2.26. The monoisotopic (exact) mass is 300 g/mol. The Morgan fingerprint density at radius 3 is 2.90 bits per heavy atom. The van der Waals surface area contributed by atoms with Gasteiger partial charge >= 0.3 is 0 Å². The van der Waals surface area contributed by atoms with Crippen LogP contribution in [-0.4, -0.2) is 22.2 Å². The molecule has 1 N–H and O–H groups in total. The third-order valence-electron chi connectivity index (χ3n) is 3.33. The Kier molecular flexibility index (Phi) is 3.73. The van der Waals surface area contributed by atoms with Crippen molar-refractivity contribution in [2.45, 2.75) is 6.10 Å². The van der Waals surface area contributed by atoms with Crippen LogP contribution in [0.4, 0.5) is 0 Å². The number of benzene rings is 1. The molecule has 0 aliphatic heterocycles. The maximum absolute atomic E-state index is 10.6. The molecule has 5 heteroatoms. The molecule has 21 heavy (non-hydrogen) atoms. The highest BCUT2D eigenvalue weighted by molar-refractivity contribution is 6.35. The Balaban J connectivity index is 2.13. The number of aliphatic hydroxyl groups excluding tert-OH is 1. The number of ether oxygens (including phenoxy) is 1. The van der Waals surface area contributed by atoms with E-state index in [4.69, 9.17) is 16.3 Å². The Hall–Kier alpha value is -2.17. The quantitative estimate of drug-likeness (QED) is 0.805. The van der Waals surface area contributed by atoms with Gasteiger partial charge in [0.15, 0.2) is 0 Å². The Morgan fingerprint density at radius 2 is 2.10 bits per heavy atom. The first kappa shape index (κ1) is 13.8. The molecule has 106 valence electrons. The van der Waals surface area contributed by atoms with Crippen LogP contribution in [-0.2, 0) is 0 Å². The van der Waals surface area contributed by atoms with Crippen molar-refractivity contribution in [2.75, 3.05) is 7.11 Å². The molecule has 3 aromatic rings. The standard InChI is InChI=1S/C16H13ClN2O2/c1-21-11-7-10(8-18-9-11)16(20)13-4-5-14(17)12-3-2-6-19-15(12)13/h2-9,16,20H,1H3. The third kappa shape index (κ3) is 2.55. The zero-order valence-electron chi connectivity index (χ0n) is 11.3. The topological polar surface area (TPSA) is 55.2 Å². The number of fused-ring (bicyclic) bond motifs is 1. The van der Waals surface area contributed by atoms with Crippen LogP contribution in [0.2, 0.25) is 5.02 Å². The number of aliphatic hydroxyl groups is 1. The van der Waals surface area contributed by atoms with Crippen molar-refractivity contribution in [3.63, 3.8) is 0 Å². The Labute approximate surface area is 127 Å². The minimum Gasteiger partial charge on any atom is -0.495 e. The van der Waals surface area contributed by atoms with Gasteiger partial charge in [0.2, 0.25) is 0 Å². The van der Waals surface area contributed by atoms with Gasteiger partial charge in [0.25, 0.3) is 0 Å². The summed E-state index contributed by atoms with van der Waals surface area (Å²) in [6.45, 7) is 0. The van der Waals surface area contributed by atoms with Crippen LogP contribution in [0.1, 0.15) is 17.2 Å². The van der Waals surface area contributed by atoms with Crippen LogP contribution >= 0.6 is 11.6 Å². The number of nitrogens with zero attached hydrogens (tertiary/aromatic N) is 2. The molecular weight excluding hydrogens is 288 g/mol. The van der Waals surface area contributed by atoms with Gasteiger partial charge in [0, 0.05) is 33.9 Å². The molecule has 0 aliphatic rings. The van der Waals surface area contributed by atoms with Gasteiger partial charge in [0.1, 0.15) is 11.9 Å². The summed E-state index contributed by atoms with van der Waals surface area (Å²) in [5, 5.41) is 12.0. The lowest BCUT2D eigenvalue weighted by Crippen LogP contribution is -2.02. The van der Waals surface area contributed by atoms with Gasteiger partial charge in [0.05, 0.1) is 18.8 Å². The average molecular weight is 301 g/mol. The van der Waals surface area contributed by atoms with E-state index < -0.39 is 6.10 Å². The van der Waals surface area contributed by atoms with Crippen LogP contribution in [0.25, 0.3) is 10.9 Å². The van der Waals surface area contributed by atoms with Gasteiger partial charge in [-0.05, 0) is 24.3 Å². The van der Waals surface area contributed by atoms with E-state index >= 15 is 0 Å². The molecule has 0 aliphatic carbocycles. The summed E-state index contributed by atoms with van der Waals surface area (Å²) in [6, 6.07) is 8.99. The molecule has 1 aromatic carbocycles. The van der Waals surface area contributed by atoms with Gasteiger partial charge in [-0.25, -0.2) is 0 Å². The summed E-state index contributed by atoms with van der Waals surface area (Å²) in [5.74, 6) is 0.595. The smallest absolute Gasteiger partial charge is 0.137 e. The van der Waals surface area contributed by atoms with Gasteiger partial charge in [-0.15, -0.1) is 0 Å². The van der Waals surface area contributed by atoms with E-state index in [-0.39, 0.29) is 0 Å². The summed E-state index contributed by atoms with van der Waals surface area (Å²) in [5.41, 5.74) is 2.01. The SMILES string of the molecule is COc1cncc(C(O)c2ccc(Cl)c3cccnc23)c1. The maximum Gasteiger partial charge on any atom is 0.137 e.